The second-order valence-corrected chi connectivity index (χ2v) is 5.68. The summed E-state index contributed by atoms with van der Waals surface area (Å²) < 4.78 is 0.837. The third kappa shape index (κ3) is 3.74. The van der Waals surface area contributed by atoms with Gasteiger partial charge in [-0.05, 0) is 37.9 Å². The smallest absolute Gasteiger partial charge is 0.270 e. The molecule has 2 rings (SSSR count). The normalized spacial score (nSPS) is 10.2. The van der Waals surface area contributed by atoms with Crippen molar-refractivity contribution in [1.82, 2.24) is 9.97 Å². The highest BCUT2D eigenvalue weighted by Gasteiger charge is 2.16. The highest BCUT2D eigenvalue weighted by molar-refractivity contribution is 9.11. The lowest BCUT2D eigenvalue weighted by Gasteiger charge is -2.07. The van der Waals surface area contributed by atoms with Gasteiger partial charge in [-0.3, -0.25) is 14.9 Å². The van der Waals surface area contributed by atoms with E-state index in [1.54, 1.807) is 0 Å². The summed E-state index contributed by atoms with van der Waals surface area (Å²) in [5, 5.41) is 13.1. The molecular formula is C11H5Br2ClN4O3. The van der Waals surface area contributed by atoms with Crippen LogP contribution in [0.4, 0.5) is 11.5 Å². The summed E-state index contributed by atoms with van der Waals surface area (Å²) in [6.07, 6.45) is 1.41. The maximum atomic E-state index is 12.1. The summed E-state index contributed by atoms with van der Waals surface area (Å²) in [6.45, 7) is 0. The molecule has 0 aliphatic rings. The number of aromatic nitrogens is 2. The standard InChI is InChI=1S/C11H5Br2ClN4O3/c12-8-4-15-10(9(13)16-8)17-11(19)6-2-1-5(18(20)21)3-7(6)14/h1-4H,(H,15,17,19). The SMILES string of the molecule is O=C(Nc1ncc(Br)nc1Br)c1ccc([N+](=O)[O-])cc1Cl. The lowest BCUT2D eigenvalue weighted by Crippen LogP contribution is -2.14. The van der Waals surface area contributed by atoms with Gasteiger partial charge in [-0.15, -0.1) is 0 Å². The molecule has 1 N–H and O–H groups in total. The number of halogens is 3. The van der Waals surface area contributed by atoms with Gasteiger partial charge in [0.05, 0.1) is 21.7 Å². The Hall–Kier alpha value is -1.58. The minimum absolute atomic E-state index is 0.0251. The Morgan fingerprint density at radius 2 is 2.10 bits per heavy atom. The number of rotatable bonds is 3. The predicted octanol–water partition coefficient (Wildman–Crippen LogP) is 3.82. The van der Waals surface area contributed by atoms with Gasteiger partial charge in [-0.2, -0.15) is 0 Å². The molecule has 1 aromatic carbocycles. The molecule has 0 aliphatic heterocycles. The first-order valence-electron chi connectivity index (χ1n) is 5.32. The van der Waals surface area contributed by atoms with Crippen LogP contribution in [0.2, 0.25) is 5.02 Å². The molecule has 108 valence electrons. The average molecular weight is 436 g/mol. The first-order valence-corrected chi connectivity index (χ1v) is 7.28. The predicted molar refractivity (Wildman–Crippen MR) is 83.5 cm³/mol. The maximum Gasteiger partial charge on any atom is 0.270 e. The Labute approximate surface area is 140 Å². The van der Waals surface area contributed by atoms with Gasteiger partial charge in [-0.25, -0.2) is 9.97 Å². The highest BCUT2D eigenvalue weighted by atomic mass is 79.9. The van der Waals surface area contributed by atoms with Crippen molar-refractivity contribution in [2.45, 2.75) is 0 Å². The third-order valence-electron chi connectivity index (χ3n) is 2.34. The van der Waals surface area contributed by atoms with E-state index in [0.717, 1.165) is 6.07 Å². The van der Waals surface area contributed by atoms with Crippen LogP contribution in [-0.2, 0) is 0 Å². The molecule has 21 heavy (non-hydrogen) atoms. The molecule has 1 heterocycles. The number of hydrogen-bond acceptors (Lipinski definition) is 5. The van der Waals surface area contributed by atoms with E-state index in [1.807, 2.05) is 0 Å². The minimum Gasteiger partial charge on any atom is -0.304 e. The maximum absolute atomic E-state index is 12.1. The molecular weight excluding hydrogens is 431 g/mol. The number of carbonyl (C=O) groups excluding carboxylic acids is 1. The van der Waals surface area contributed by atoms with E-state index in [4.69, 9.17) is 11.6 Å². The van der Waals surface area contributed by atoms with E-state index in [-0.39, 0.29) is 22.1 Å². The number of amides is 1. The van der Waals surface area contributed by atoms with Gasteiger partial charge in [0.25, 0.3) is 11.6 Å². The molecule has 0 saturated heterocycles. The number of hydrogen-bond donors (Lipinski definition) is 1. The molecule has 0 saturated carbocycles. The summed E-state index contributed by atoms with van der Waals surface area (Å²) in [6, 6.07) is 3.58. The van der Waals surface area contributed by atoms with Crippen molar-refractivity contribution >= 4 is 60.9 Å². The van der Waals surface area contributed by atoms with Crippen LogP contribution in [0.1, 0.15) is 10.4 Å². The molecule has 0 atom stereocenters. The van der Waals surface area contributed by atoms with Crippen molar-refractivity contribution in [1.29, 1.82) is 0 Å². The van der Waals surface area contributed by atoms with E-state index >= 15 is 0 Å². The molecule has 1 amide bonds. The van der Waals surface area contributed by atoms with Crippen LogP contribution in [-0.4, -0.2) is 20.8 Å². The van der Waals surface area contributed by atoms with E-state index in [1.165, 1.54) is 18.3 Å². The van der Waals surface area contributed by atoms with Crippen molar-refractivity contribution in [3.8, 4) is 0 Å². The fraction of sp³-hybridized carbons (Fsp3) is 0. The van der Waals surface area contributed by atoms with Crippen molar-refractivity contribution in [2.24, 2.45) is 0 Å². The molecule has 0 fully saturated rings. The number of non-ortho nitro benzene ring substituents is 1. The average Bonchev–Trinajstić information content (AvgIpc) is 2.41. The van der Waals surface area contributed by atoms with Crippen LogP contribution >= 0.6 is 43.5 Å². The summed E-state index contributed by atoms with van der Waals surface area (Å²) in [5.41, 5.74) is -0.0972. The summed E-state index contributed by atoms with van der Waals surface area (Å²) in [7, 11) is 0. The number of nitro groups is 1. The minimum atomic E-state index is -0.593. The molecule has 10 heteroatoms. The second kappa shape index (κ2) is 6.46. The summed E-state index contributed by atoms with van der Waals surface area (Å²) >= 11 is 12.2. The molecule has 0 unspecified atom stereocenters. The van der Waals surface area contributed by atoms with E-state index in [2.05, 4.69) is 47.1 Å². The Morgan fingerprint density at radius 3 is 2.67 bits per heavy atom. The number of benzene rings is 1. The number of nitro benzene ring substituents is 1. The van der Waals surface area contributed by atoms with E-state index in [0.29, 0.717) is 9.21 Å². The van der Waals surface area contributed by atoms with Crippen LogP contribution in [0, 0.1) is 10.1 Å². The molecule has 7 nitrogen and oxygen atoms in total. The van der Waals surface area contributed by atoms with Gasteiger partial charge >= 0.3 is 0 Å². The van der Waals surface area contributed by atoms with Gasteiger partial charge in [0.15, 0.2) is 5.82 Å². The third-order valence-corrected chi connectivity index (χ3v) is 3.59. The Morgan fingerprint density at radius 1 is 1.38 bits per heavy atom. The summed E-state index contributed by atoms with van der Waals surface area (Å²) in [5.74, 6) is -0.343. The molecule has 1 aromatic heterocycles. The number of anilines is 1. The molecule has 2 aromatic rings. The molecule has 0 aliphatic carbocycles. The van der Waals surface area contributed by atoms with Gasteiger partial charge in [0.1, 0.15) is 9.21 Å². The van der Waals surface area contributed by atoms with Crippen molar-refractivity contribution < 1.29 is 9.72 Å². The zero-order valence-corrected chi connectivity index (χ0v) is 13.9. The molecule has 0 spiro atoms. The van der Waals surface area contributed by atoms with Gasteiger partial charge < -0.3 is 5.32 Å². The van der Waals surface area contributed by atoms with Gasteiger partial charge in [-0.1, -0.05) is 11.6 Å². The lowest BCUT2D eigenvalue weighted by molar-refractivity contribution is -0.384. The zero-order valence-electron chi connectivity index (χ0n) is 10.0. The van der Waals surface area contributed by atoms with Crippen LogP contribution in [0.5, 0.6) is 0 Å². The van der Waals surface area contributed by atoms with Gasteiger partial charge in [0.2, 0.25) is 0 Å². The fourth-order valence-corrected chi connectivity index (χ4v) is 2.58. The van der Waals surface area contributed by atoms with E-state index in [9.17, 15) is 14.9 Å². The fourth-order valence-electron chi connectivity index (χ4n) is 1.41. The van der Waals surface area contributed by atoms with E-state index < -0.39 is 10.8 Å². The molecule has 0 radical (unpaired) electrons. The Bertz CT molecular complexity index is 741. The van der Waals surface area contributed by atoms with Crippen molar-refractivity contribution in [3.63, 3.8) is 0 Å². The number of nitrogens with one attached hydrogen (secondary N) is 1. The zero-order chi connectivity index (χ0) is 15.6. The molecule has 0 bridgehead atoms. The topological polar surface area (TPSA) is 98.0 Å². The first kappa shape index (κ1) is 15.8. The highest BCUT2D eigenvalue weighted by Crippen LogP contribution is 2.25. The lowest BCUT2D eigenvalue weighted by atomic mass is 10.2. The van der Waals surface area contributed by atoms with Crippen molar-refractivity contribution in [3.05, 3.63) is 54.3 Å². The second-order valence-electron chi connectivity index (χ2n) is 3.71. The number of nitrogens with zero attached hydrogens (tertiary/aromatic N) is 3. The largest absolute Gasteiger partial charge is 0.304 e. The Kier molecular flexibility index (Phi) is 4.86. The quantitative estimate of drug-likeness (QED) is 0.583. The van der Waals surface area contributed by atoms with Crippen LogP contribution < -0.4 is 5.32 Å². The summed E-state index contributed by atoms with van der Waals surface area (Å²) in [4.78, 5) is 30.1. The monoisotopic (exact) mass is 434 g/mol. The van der Waals surface area contributed by atoms with Crippen LogP contribution in [0.15, 0.2) is 33.6 Å². The van der Waals surface area contributed by atoms with Crippen molar-refractivity contribution in [2.75, 3.05) is 5.32 Å². The number of carbonyl (C=O) groups is 1. The van der Waals surface area contributed by atoms with Crippen LogP contribution in [0.3, 0.4) is 0 Å². The Balaban J connectivity index is 2.26. The first-order chi connectivity index (χ1) is 9.88. The van der Waals surface area contributed by atoms with Gasteiger partial charge in [0, 0.05) is 12.1 Å². The van der Waals surface area contributed by atoms with Crippen LogP contribution in [0.25, 0.3) is 0 Å².